The van der Waals surface area contributed by atoms with E-state index in [1.54, 1.807) is 12.1 Å². The summed E-state index contributed by atoms with van der Waals surface area (Å²) in [5.74, 6) is 2.27. The predicted molar refractivity (Wildman–Crippen MR) is 119 cm³/mol. The molecule has 1 aromatic heterocycles. The number of aliphatic carboxylic acids is 1. The Labute approximate surface area is 186 Å². The van der Waals surface area contributed by atoms with Crippen molar-refractivity contribution in [2.75, 3.05) is 6.61 Å². The van der Waals surface area contributed by atoms with Crippen LogP contribution in [-0.4, -0.2) is 27.2 Å². The molecular weight excluding hydrogens is 504 g/mol. The molecular formula is C21H22Br2N2O4. The van der Waals surface area contributed by atoms with Crippen LogP contribution >= 0.6 is 31.9 Å². The number of aryl methyl sites for hydroxylation is 1. The molecule has 0 bridgehead atoms. The number of hydrogen-bond donors (Lipinski definition) is 1. The van der Waals surface area contributed by atoms with Gasteiger partial charge in [0, 0.05) is 19.0 Å². The van der Waals surface area contributed by atoms with E-state index in [1.807, 2.05) is 18.2 Å². The lowest BCUT2D eigenvalue weighted by Crippen LogP contribution is -2.09. The zero-order valence-electron chi connectivity index (χ0n) is 16.4. The molecule has 3 aromatic rings. The lowest BCUT2D eigenvalue weighted by Gasteiger charge is -2.13. The van der Waals surface area contributed by atoms with Gasteiger partial charge in [-0.05, 0) is 69.0 Å². The summed E-state index contributed by atoms with van der Waals surface area (Å²) >= 11 is 6.94. The molecule has 154 valence electrons. The monoisotopic (exact) mass is 524 g/mol. The Morgan fingerprint density at radius 2 is 1.86 bits per heavy atom. The van der Waals surface area contributed by atoms with E-state index in [0.29, 0.717) is 32.1 Å². The Morgan fingerprint density at radius 1 is 1.17 bits per heavy atom. The van der Waals surface area contributed by atoms with Crippen LogP contribution in [0.2, 0.25) is 0 Å². The quantitative estimate of drug-likeness (QED) is 0.388. The molecule has 0 atom stereocenters. The number of halogens is 2. The summed E-state index contributed by atoms with van der Waals surface area (Å²) in [7, 11) is 0. The predicted octanol–water partition coefficient (Wildman–Crippen LogP) is 6.04. The lowest BCUT2D eigenvalue weighted by molar-refractivity contribution is -0.139. The third-order valence-corrected chi connectivity index (χ3v) is 5.44. The van der Waals surface area contributed by atoms with Gasteiger partial charge in [0.25, 0.3) is 0 Å². The van der Waals surface area contributed by atoms with Crippen LogP contribution < -0.4 is 9.47 Å². The maximum absolute atomic E-state index is 10.7. The first kappa shape index (κ1) is 21.6. The number of carboxylic acid groups (broad SMARTS) is 1. The smallest absolute Gasteiger partial charge is 0.341 e. The molecule has 0 aliphatic rings. The fourth-order valence-electron chi connectivity index (χ4n) is 3.07. The molecule has 1 N–H and O–H groups in total. The molecule has 3 rings (SSSR count). The topological polar surface area (TPSA) is 73.6 Å². The van der Waals surface area contributed by atoms with Gasteiger partial charge in [0.15, 0.2) is 12.4 Å². The molecule has 0 unspecified atom stereocenters. The summed E-state index contributed by atoms with van der Waals surface area (Å²) in [6.07, 6.45) is 0.924. The second kappa shape index (κ2) is 9.17. The fraction of sp³-hybridized carbons (Fsp3) is 0.333. The van der Waals surface area contributed by atoms with Crippen LogP contribution in [0.15, 0.2) is 39.3 Å². The van der Waals surface area contributed by atoms with Crippen molar-refractivity contribution in [1.82, 2.24) is 9.55 Å². The minimum atomic E-state index is -1.03. The lowest BCUT2D eigenvalue weighted by atomic mass is 10.1. The Bertz CT molecular complexity index is 1020. The minimum Gasteiger partial charge on any atom is -0.482 e. The zero-order valence-corrected chi connectivity index (χ0v) is 19.6. The molecule has 29 heavy (non-hydrogen) atoms. The second-order valence-corrected chi connectivity index (χ2v) is 8.73. The molecule has 1 heterocycles. The number of ether oxygens (including phenoxy) is 2. The molecule has 0 fully saturated rings. The molecule has 2 aromatic carbocycles. The number of nitrogens with zero attached hydrogens (tertiary/aromatic N) is 2. The molecule has 6 nitrogen and oxygen atoms in total. The number of benzene rings is 2. The largest absolute Gasteiger partial charge is 0.482 e. The number of fused-ring (bicyclic) bond motifs is 1. The van der Waals surface area contributed by atoms with Crippen LogP contribution in [0.3, 0.4) is 0 Å². The van der Waals surface area contributed by atoms with Crippen LogP contribution in [0, 0.1) is 5.92 Å². The van der Waals surface area contributed by atoms with E-state index >= 15 is 0 Å². The van der Waals surface area contributed by atoms with E-state index in [-0.39, 0.29) is 0 Å². The van der Waals surface area contributed by atoms with Crippen molar-refractivity contribution in [3.05, 3.63) is 45.1 Å². The van der Waals surface area contributed by atoms with Crippen molar-refractivity contribution in [3.63, 3.8) is 0 Å². The summed E-state index contributed by atoms with van der Waals surface area (Å²) in [5.41, 5.74) is 1.99. The van der Waals surface area contributed by atoms with E-state index < -0.39 is 12.6 Å². The van der Waals surface area contributed by atoms with Gasteiger partial charge in [-0.2, -0.15) is 0 Å². The van der Waals surface area contributed by atoms with Crippen LogP contribution in [0.5, 0.6) is 17.2 Å². The number of rotatable bonds is 8. The van der Waals surface area contributed by atoms with E-state index in [1.165, 1.54) is 0 Å². The molecule has 0 radical (unpaired) electrons. The normalized spacial score (nSPS) is 11.2. The molecule has 0 spiro atoms. The molecule has 0 aliphatic carbocycles. The Hall–Kier alpha value is -2.06. The number of aromatic nitrogens is 2. The number of imidazole rings is 1. The van der Waals surface area contributed by atoms with Crippen molar-refractivity contribution in [2.24, 2.45) is 5.92 Å². The average Bonchev–Trinajstić information content (AvgIpc) is 2.98. The fourth-order valence-corrected chi connectivity index (χ4v) is 4.38. The highest BCUT2D eigenvalue weighted by Gasteiger charge is 2.15. The highest BCUT2D eigenvalue weighted by Crippen LogP contribution is 2.40. The van der Waals surface area contributed by atoms with Gasteiger partial charge in [-0.1, -0.05) is 13.8 Å². The van der Waals surface area contributed by atoms with E-state index in [4.69, 9.17) is 19.6 Å². The van der Waals surface area contributed by atoms with Crippen molar-refractivity contribution in [1.29, 1.82) is 0 Å². The molecule has 0 amide bonds. The van der Waals surface area contributed by atoms with Crippen LogP contribution in [-0.2, 0) is 17.8 Å². The van der Waals surface area contributed by atoms with Gasteiger partial charge in [0.05, 0.1) is 20.0 Å². The Balaban J connectivity index is 1.91. The van der Waals surface area contributed by atoms with E-state index in [9.17, 15) is 4.79 Å². The Kier molecular flexibility index (Phi) is 6.85. The van der Waals surface area contributed by atoms with Crippen molar-refractivity contribution < 1.29 is 19.4 Å². The molecule has 8 heteroatoms. The van der Waals surface area contributed by atoms with Crippen LogP contribution in [0.25, 0.3) is 11.0 Å². The number of carboxylic acids is 1. The third-order valence-electron chi connectivity index (χ3n) is 4.26. The van der Waals surface area contributed by atoms with Gasteiger partial charge in [0.2, 0.25) is 0 Å². The van der Waals surface area contributed by atoms with E-state index in [0.717, 1.165) is 29.8 Å². The zero-order chi connectivity index (χ0) is 21.1. The van der Waals surface area contributed by atoms with Gasteiger partial charge in [-0.3, -0.25) is 0 Å². The number of hydrogen-bond acceptors (Lipinski definition) is 4. The second-order valence-electron chi connectivity index (χ2n) is 7.02. The van der Waals surface area contributed by atoms with Gasteiger partial charge < -0.3 is 19.1 Å². The number of carbonyl (C=O) groups is 1. The molecule has 0 aliphatic heterocycles. The van der Waals surface area contributed by atoms with Gasteiger partial charge in [-0.15, -0.1) is 0 Å². The summed E-state index contributed by atoms with van der Waals surface area (Å²) < 4.78 is 14.9. The summed E-state index contributed by atoms with van der Waals surface area (Å²) in [5, 5.41) is 8.76. The van der Waals surface area contributed by atoms with Gasteiger partial charge in [0.1, 0.15) is 17.3 Å². The van der Waals surface area contributed by atoms with Crippen molar-refractivity contribution >= 4 is 48.9 Å². The average molecular weight is 526 g/mol. The first-order valence-electron chi connectivity index (χ1n) is 9.29. The minimum absolute atomic E-state index is 0.407. The molecule has 0 saturated heterocycles. The van der Waals surface area contributed by atoms with E-state index in [2.05, 4.69) is 57.2 Å². The third kappa shape index (κ3) is 5.11. The summed E-state index contributed by atoms with van der Waals surface area (Å²) in [6.45, 7) is 6.92. The first-order valence-corrected chi connectivity index (χ1v) is 10.9. The highest BCUT2D eigenvalue weighted by molar-refractivity contribution is 9.11. The standard InChI is InChI=1S/C21H22Br2N2O4/c1-4-25-18-10-13(5-6-17(18)24-19(25)7-12(2)3)29-21-15(22)8-14(9-16(21)23)28-11-20(26)27/h5-6,8-10,12H,4,7,11H2,1-3H3,(H,26,27). The maximum atomic E-state index is 10.7. The SMILES string of the molecule is CCn1c(CC(C)C)nc2ccc(Oc3c(Br)cc(OCC(=O)O)cc3Br)cc21. The van der Waals surface area contributed by atoms with Crippen molar-refractivity contribution in [2.45, 2.75) is 33.7 Å². The van der Waals surface area contributed by atoms with Crippen LogP contribution in [0.1, 0.15) is 26.6 Å². The molecule has 0 saturated carbocycles. The van der Waals surface area contributed by atoms with Crippen LogP contribution in [0.4, 0.5) is 0 Å². The Morgan fingerprint density at radius 3 is 2.45 bits per heavy atom. The van der Waals surface area contributed by atoms with Crippen molar-refractivity contribution in [3.8, 4) is 17.2 Å². The summed E-state index contributed by atoms with van der Waals surface area (Å²) in [6, 6.07) is 9.20. The highest BCUT2D eigenvalue weighted by atomic mass is 79.9. The van der Waals surface area contributed by atoms with Gasteiger partial charge in [-0.25, -0.2) is 9.78 Å². The maximum Gasteiger partial charge on any atom is 0.341 e. The summed E-state index contributed by atoms with van der Waals surface area (Å²) in [4.78, 5) is 15.5. The first-order chi connectivity index (χ1) is 13.8. The van der Waals surface area contributed by atoms with Gasteiger partial charge >= 0.3 is 5.97 Å².